The van der Waals surface area contributed by atoms with E-state index in [-0.39, 0.29) is 11.8 Å². The fourth-order valence-corrected chi connectivity index (χ4v) is 3.57. The van der Waals surface area contributed by atoms with Crippen molar-refractivity contribution in [3.05, 3.63) is 49.1 Å². The zero-order chi connectivity index (χ0) is 19.6. The minimum Gasteiger partial charge on any atom is -0.354 e. The number of piperidine rings is 1. The summed E-state index contributed by atoms with van der Waals surface area (Å²) in [4.78, 5) is 26.3. The fourth-order valence-electron chi connectivity index (χ4n) is 3.57. The maximum atomic E-state index is 12.8. The molecule has 0 radical (unpaired) electrons. The molecule has 0 saturated carbocycles. The predicted octanol–water partition coefficient (Wildman–Crippen LogP) is 1.79. The molecule has 4 aromatic rings. The molecule has 1 aliphatic heterocycles. The molecule has 1 aromatic carbocycles. The van der Waals surface area contributed by atoms with E-state index >= 15 is 0 Å². The zero-order valence-corrected chi connectivity index (χ0v) is 15.6. The molecule has 1 atom stereocenters. The lowest BCUT2D eigenvalue weighted by Gasteiger charge is -2.32. The first-order chi connectivity index (χ1) is 14.3. The molecule has 1 amide bonds. The summed E-state index contributed by atoms with van der Waals surface area (Å²) in [6, 6.07) is 11.4. The van der Waals surface area contributed by atoms with E-state index < -0.39 is 0 Å². The Hall–Kier alpha value is -3.82. The molecule has 146 valence electrons. The van der Waals surface area contributed by atoms with Gasteiger partial charge in [0.15, 0.2) is 11.6 Å². The van der Waals surface area contributed by atoms with Crippen LogP contribution in [0.2, 0.25) is 0 Å². The van der Waals surface area contributed by atoms with Crippen LogP contribution in [0.15, 0.2) is 49.1 Å². The maximum absolute atomic E-state index is 12.8. The summed E-state index contributed by atoms with van der Waals surface area (Å²) in [6.07, 6.45) is 4.76. The summed E-state index contributed by atoms with van der Waals surface area (Å²) in [5.74, 6) is 1.64. The number of aromatic amines is 1. The van der Waals surface area contributed by atoms with Crippen molar-refractivity contribution < 1.29 is 4.79 Å². The summed E-state index contributed by atoms with van der Waals surface area (Å²) >= 11 is 0. The fraction of sp³-hybridized carbons (Fsp3) is 0.263. The maximum Gasteiger partial charge on any atom is 0.231 e. The molecule has 1 aliphatic rings. The third kappa shape index (κ3) is 3.51. The monoisotopic (exact) mass is 389 g/mol. The highest BCUT2D eigenvalue weighted by Crippen LogP contribution is 2.23. The van der Waals surface area contributed by atoms with Gasteiger partial charge < -0.3 is 9.88 Å². The van der Waals surface area contributed by atoms with Crippen LogP contribution in [0.4, 0.5) is 11.8 Å². The number of nitrogens with one attached hydrogen (secondary N) is 2. The molecule has 4 heterocycles. The van der Waals surface area contributed by atoms with Gasteiger partial charge in [0.05, 0.1) is 17.0 Å². The molecule has 2 N–H and O–H groups in total. The van der Waals surface area contributed by atoms with Gasteiger partial charge in [0.2, 0.25) is 11.9 Å². The molecule has 1 saturated heterocycles. The van der Waals surface area contributed by atoms with Crippen molar-refractivity contribution in [3.63, 3.8) is 0 Å². The van der Waals surface area contributed by atoms with Gasteiger partial charge in [-0.2, -0.15) is 5.10 Å². The minimum atomic E-state index is -0.145. The van der Waals surface area contributed by atoms with Crippen LogP contribution in [-0.2, 0) is 4.79 Å². The Balaban J connectivity index is 1.26. The molecule has 0 aliphatic carbocycles. The van der Waals surface area contributed by atoms with E-state index in [9.17, 15) is 4.79 Å². The predicted molar refractivity (Wildman–Crippen MR) is 107 cm³/mol. The van der Waals surface area contributed by atoms with Gasteiger partial charge in [0.25, 0.3) is 0 Å². The Morgan fingerprint density at radius 1 is 1.14 bits per heavy atom. The Labute approximate surface area is 166 Å². The van der Waals surface area contributed by atoms with Gasteiger partial charge in [0, 0.05) is 13.1 Å². The first kappa shape index (κ1) is 17.3. The van der Waals surface area contributed by atoms with Gasteiger partial charge in [0.1, 0.15) is 12.7 Å². The first-order valence-corrected chi connectivity index (χ1v) is 9.45. The molecule has 1 fully saturated rings. The third-order valence-electron chi connectivity index (χ3n) is 5.04. The van der Waals surface area contributed by atoms with Gasteiger partial charge in [-0.05, 0) is 37.1 Å². The summed E-state index contributed by atoms with van der Waals surface area (Å²) < 4.78 is 1.55. The summed E-state index contributed by atoms with van der Waals surface area (Å²) in [7, 11) is 0. The summed E-state index contributed by atoms with van der Waals surface area (Å²) in [5, 5.41) is 15.5. The SMILES string of the molecule is O=C(Nc1nc2ccccc2[nH]1)[C@H]1CCCN(c2ccc(-n3cncn3)nn2)C1. The van der Waals surface area contributed by atoms with E-state index in [1.165, 1.54) is 6.33 Å². The third-order valence-corrected chi connectivity index (χ3v) is 5.04. The highest BCUT2D eigenvalue weighted by molar-refractivity contribution is 5.93. The summed E-state index contributed by atoms with van der Waals surface area (Å²) in [6.45, 7) is 1.43. The lowest BCUT2D eigenvalue weighted by molar-refractivity contribution is -0.120. The molecular weight excluding hydrogens is 370 g/mol. The largest absolute Gasteiger partial charge is 0.354 e. The number of benzene rings is 1. The van der Waals surface area contributed by atoms with Gasteiger partial charge in [-0.1, -0.05) is 12.1 Å². The van der Waals surface area contributed by atoms with Crippen molar-refractivity contribution in [1.82, 2.24) is 34.9 Å². The number of nitrogens with zero attached hydrogens (tertiary/aromatic N) is 7. The number of rotatable bonds is 4. The van der Waals surface area contributed by atoms with E-state index in [2.05, 4.69) is 40.5 Å². The number of amides is 1. The molecule has 0 bridgehead atoms. The number of carbonyl (C=O) groups is 1. The van der Waals surface area contributed by atoms with Crippen LogP contribution in [0.1, 0.15) is 12.8 Å². The molecule has 0 unspecified atom stereocenters. The Morgan fingerprint density at radius 3 is 2.79 bits per heavy atom. The second-order valence-electron chi connectivity index (χ2n) is 6.97. The van der Waals surface area contributed by atoms with Crippen molar-refractivity contribution >= 4 is 28.7 Å². The summed E-state index contributed by atoms with van der Waals surface area (Å²) in [5.41, 5.74) is 1.73. The average molecular weight is 389 g/mol. The van der Waals surface area contributed by atoms with Crippen LogP contribution in [0.3, 0.4) is 0 Å². The van der Waals surface area contributed by atoms with Crippen molar-refractivity contribution in [2.75, 3.05) is 23.3 Å². The van der Waals surface area contributed by atoms with Crippen LogP contribution in [0.25, 0.3) is 16.9 Å². The smallest absolute Gasteiger partial charge is 0.231 e. The van der Waals surface area contributed by atoms with Crippen molar-refractivity contribution in [2.24, 2.45) is 5.92 Å². The number of anilines is 2. The molecular formula is C19H19N9O. The Bertz CT molecular complexity index is 1090. The van der Waals surface area contributed by atoms with E-state index in [0.29, 0.717) is 18.3 Å². The molecule has 0 spiro atoms. The Kier molecular flexibility index (Phi) is 4.35. The minimum absolute atomic E-state index is 0.0408. The number of fused-ring (bicyclic) bond motifs is 1. The lowest BCUT2D eigenvalue weighted by Crippen LogP contribution is -2.41. The Morgan fingerprint density at radius 2 is 2.00 bits per heavy atom. The van der Waals surface area contributed by atoms with E-state index in [1.54, 1.807) is 11.0 Å². The van der Waals surface area contributed by atoms with E-state index in [4.69, 9.17) is 0 Å². The first-order valence-electron chi connectivity index (χ1n) is 9.45. The molecule has 10 nitrogen and oxygen atoms in total. The average Bonchev–Trinajstić information content (AvgIpc) is 3.43. The number of hydrogen-bond donors (Lipinski definition) is 2. The van der Waals surface area contributed by atoms with Crippen LogP contribution in [-0.4, -0.2) is 53.9 Å². The second kappa shape index (κ2) is 7.30. The molecule has 3 aromatic heterocycles. The number of H-pyrrole nitrogens is 1. The molecule has 5 rings (SSSR count). The number of hydrogen-bond acceptors (Lipinski definition) is 7. The normalized spacial score (nSPS) is 16.8. The molecule has 10 heteroatoms. The number of para-hydroxylation sites is 2. The second-order valence-corrected chi connectivity index (χ2v) is 6.97. The van der Waals surface area contributed by atoms with Crippen molar-refractivity contribution in [2.45, 2.75) is 12.8 Å². The van der Waals surface area contributed by atoms with Gasteiger partial charge in [-0.15, -0.1) is 10.2 Å². The van der Waals surface area contributed by atoms with Gasteiger partial charge in [-0.3, -0.25) is 10.1 Å². The standard InChI is InChI=1S/C19H19N9O/c29-18(24-19-22-14-5-1-2-6-15(14)23-19)13-4-3-9-27(10-13)16-7-8-17(26-25-16)28-12-20-11-21-28/h1-2,5-8,11-13H,3-4,9-10H2,(H2,22,23,24,29)/t13-/m0/s1. The zero-order valence-electron chi connectivity index (χ0n) is 15.6. The van der Waals surface area contributed by atoms with Gasteiger partial charge >= 0.3 is 0 Å². The number of carbonyl (C=O) groups excluding carboxylic acids is 1. The van der Waals surface area contributed by atoms with Crippen LogP contribution < -0.4 is 10.2 Å². The van der Waals surface area contributed by atoms with Crippen LogP contribution in [0.5, 0.6) is 0 Å². The highest BCUT2D eigenvalue weighted by Gasteiger charge is 2.27. The van der Waals surface area contributed by atoms with E-state index in [0.717, 1.165) is 36.2 Å². The van der Waals surface area contributed by atoms with Crippen LogP contribution in [0, 0.1) is 5.92 Å². The highest BCUT2D eigenvalue weighted by atomic mass is 16.2. The lowest BCUT2D eigenvalue weighted by atomic mass is 9.97. The van der Waals surface area contributed by atoms with Crippen LogP contribution >= 0.6 is 0 Å². The van der Waals surface area contributed by atoms with Crippen molar-refractivity contribution in [3.8, 4) is 5.82 Å². The number of imidazole rings is 1. The number of aromatic nitrogens is 7. The van der Waals surface area contributed by atoms with Gasteiger partial charge in [-0.25, -0.2) is 14.6 Å². The van der Waals surface area contributed by atoms with Crippen molar-refractivity contribution in [1.29, 1.82) is 0 Å². The topological polar surface area (TPSA) is 118 Å². The quantitative estimate of drug-likeness (QED) is 0.546. The molecule has 29 heavy (non-hydrogen) atoms. The van der Waals surface area contributed by atoms with E-state index in [1.807, 2.05) is 36.4 Å².